The van der Waals surface area contributed by atoms with Crippen LogP contribution in [0.4, 0.5) is 0 Å². The van der Waals surface area contributed by atoms with E-state index in [4.69, 9.17) is 9.47 Å². The lowest BCUT2D eigenvalue weighted by molar-refractivity contribution is -0.124. The van der Waals surface area contributed by atoms with Gasteiger partial charge in [0.25, 0.3) is 5.91 Å². The number of hydrogen-bond acceptors (Lipinski definition) is 4. The molecule has 0 aromatic heterocycles. The van der Waals surface area contributed by atoms with Gasteiger partial charge in [0, 0.05) is 18.1 Å². The van der Waals surface area contributed by atoms with Crippen LogP contribution in [0, 0.1) is 0 Å². The second kappa shape index (κ2) is 6.35. The highest BCUT2D eigenvalue weighted by atomic mass is 16.5. The van der Waals surface area contributed by atoms with Crippen molar-refractivity contribution in [3.8, 4) is 11.5 Å². The number of fused-ring (bicyclic) bond motifs is 2. The largest absolute Gasteiger partial charge is 0.493 e. The molecule has 2 fully saturated rings. The fourth-order valence-electron chi connectivity index (χ4n) is 3.33. The molecule has 0 spiro atoms. The molecule has 3 rings (SSSR count). The number of rotatable bonds is 5. The number of amides is 1. The van der Waals surface area contributed by atoms with Gasteiger partial charge in [0.05, 0.1) is 7.11 Å². The minimum atomic E-state index is -0.0628. The van der Waals surface area contributed by atoms with Gasteiger partial charge in [0.1, 0.15) is 0 Å². The molecule has 0 saturated carbocycles. The van der Waals surface area contributed by atoms with Gasteiger partial charge in [-0.1, -0.05) is 12.1 Å². The third kappa shape index (κ3) is 3.47. The van der Waals surface area contributed by atoms with E-state index in [1.165, 1.54) is 12.8 Å². The topological polar surface area (TPSA) is 59.6 Å². The van der Waals surface area contributed by atoms with Gasteiger partial charge in [-0.25, -0.2) is 0 Å². The zero-order valence-corrected chi connectivity index (χ0v) is 12.3. The molecular formula is C16H22N2O3. The highest BCUT2D eigenvalue weighted by molar-refractivity contribution is 5.78. The monoisotopic (exact) mass is 290 g/mol. The summed E-state index contributed by atoms with van der Waals surface area (Å²) in [6, 6.07) is 8.77. The maximum atomic E-state index is 12.0. The molecule has 0 radical (unpaired) electrons. The van der Waals surface area contributed by atoms with Gasteiger partial charge in [-0.2, -0.15) is 0 Å². The van der Waals surface area contributed by atoms with Crippen LogP contribution in [0.15, 0.2) is 24.3 Å². The summed E-state index contributed by atoms with van der Waals surface area (Å²) in [5.74, 6) is 1.18. The Hall–Kier alpha value is -1.75. The number of piperidine rings is 1. The van der Waals surface area contributed by atoms with E-state index >= 15 is 0 Å². The Labute approximate surface area is 125 Å². The first-order valence-corrected chi connectivity index (χ1v) is 7.56. The lowest BCUT2D eigenvalue weighted by Gasteiger charge is -2.29. The number of ether oxygens (including phenoxy) is 2. The first kappa shape index (κ1) is 14.2. The van der Waals surface area contributed by atoms with Crippen LogP contribution in [0.1, 0.15) is 25.7 Å². The molecule has 2 atom stereocenters. The fraction of sp³-hybridized carbons (Fsp3) is 0.562. The molecule has 21 heavy (non-hydrogen) atoms. The molecule has 2 bridgehead atoms. The van der Waals surface area contributed by atoms with Gasteiger partial charge in [-0.05, 0) is 37.8 Å². The molecule has 1 aromatic carbocycles. The fourth-order valence-corrected chi connectivity index (χ4v) is 3.33. The van der Waals surface area contributed by atoms with Crippen molar-refractivity contribution in [3.63, 3.8) is 0 Å². The van der Waals surface area contributed by atoms with Crippen LogP contribution in [0.5, 0.6) is 11.5 Å². The van der Waals surface area contributed by atoms with Crippen LogP contribution in [-0.4, -0.2) is 37.7 Å². The summed E-state index contributed by atoms with van der Waals surface area (Å²) in [6.07, 6.45) is 4.51. The van der Waals surface area contributed by atoms with Gasteiger partial charge < -0.3 is 20.1 Å². The number of para-hydroxylation sites is 2. The number of benzene rings is 1. The number of nitrogens with one attached hydrogen (secondary N) is 2. The molecule has 2 aliphatic heterocycles. The second-order valence-electron chi connectivity index (χ2n) is 5.81. The van der Waals surface area contributed by atoms with Gasteiger partial charge in [0.15, 0.2) is 18.1 Å². The molecule has 2 saturated heterocycles. The number of carbonyl (C=O) groups excluding carboxylic acids is 1. The molecule has 1 aromatic rings. The van der Waals surface area contributed by atoms with E-state index < -0.39 is 0 Å². The lowest BCUT2D eigenvalue weighted by atomic mass is 10.00. The normalized spacial score (nSPS) is 27.2. The molecule has 5 nitrogen and oxygen atoms in total. The number of methoxy groups -OCH3 is 1. The van der Waals surface area contributed by atoms with Crippen molar-refractivity contribution in [1.82, 2.24) is 10.6 Å². The highest BCUT2D eigenvalue weighted by Gasteiger charge is 2.33. The summed E-state index contributed by atoms with van der Waals surface area (Å²) in [6.45, 7) is 0.0274. The molecule has 5 heteroatoms. The third-order valence-electron chi connectivity index (χ3n) is 4.27. The van der Waals surface area contributed by atoms with Crippen LogP contribution in [0.2, 0.25) is 0 Å². The Balaban J connectivity index is 1.48. The van der Waals surface area contributed by atoms with Crippen molar-refractivity contribution in [2.24, 2.45) is 0 Å². The van der Waals surface area contributed by atoms with Gasteiger partial charge in [-0.3, -0.25) is 4.79 Å². The second-order valence-corrected chi connectivity index (χ2v) is 5.81. The molecule has 0 aliphatic carbocycles. The number of carbonyl (C=O) groups is 1. The van der Waals surface area contributed by atoms with Crippen molar-refractivity contribution in [1.29, 1.82) is 0 Å². The maximum Gasteiger partial charge on any atom is 0.258 e. The van der Waals surface area contributed by atoms with E-state index in [2.05, 4.69) is 10.6 Å². The van der Waals surface area contributed by atoms with Crippen LogP contribution < -0.4 is 20.1 Å². The van der Waals surface area contributed by atoms with Crippen molar-refractivity contribution in [3.05, 3.63) is 24.3 Å². The highest BCUT2D eigenvalue weighted by Crippen LogP contribution is 2.27. The first-order valence-electron chi connectivity index (χ1n) is 7.56. The Morgan fingerprint density at radius 2 is 1.90 bits per heavy atom. The SMILES string of the molecule is COc1ccccc1OCC(=O)NC1CC2CCC(C1)N2. The quantitative estimate of drug-likeness (QED) is 0.862. The van der Waals surface area contributed by atoms with E-state index in [0.717, 1.165) is 12.8 Å². The summed E-state index contributed by atoms with van der Waals surface area (Å²) >= 11 is 0. The zero-order chi connectivity index (χ0) is 14.7. The lowest BCUT2D eigenvalue weighted by Crippen LogP contribution is -2.48. The third-order valence-corrected chi connectivity index (χ3v) is 4.27. The molecule has 2 N–H and O–H groups in total. The Morgan fingerprint density at radius 3 is 2.57 bits per heavy atom. The molecule has 1 amide bonds. The zero-order valence-electron chi connectivity index (χ0n) is 12.3. The Morgan fingerprint density at radius 1 is 1.24 bits per heavy atom. The smallest absolute Gasteiger partial charge is 0.258 e. The summed E-state index contributed by atoms with van der Waals surface area (Å²) in [5, 5.41) is 6.65. The van der Waals surface area contributed by atoms with E-state index in [1.54, 1.807) is 13.2 Å². The van der Waals surface area contributed by atoms with Crippen molar-refractivity contribution >= 4 is 5.91 Å². The van der Waals surface area contributed by atoms with Crippen LogP contribution in [-0.2, 0) is 4.79 Å². The Bertz CT molecular complexity index is 494. The molecule has 2 aliphatic rings. The number of hydrogen-bond donors (Lipinski definition) is 2. The summed E-state index contributed by atoms with van der Waals surface area (Å²) in [5.41, 5.74) is 0. The predicted molar refractivity (Wildman–Crippen MR) is 79.6 cm³/mol. The summed E-state index contributed by atoms with van der Waals surface area (Å²) < 4.78 is 10.7. The van der Waals surface area contributed by atoms with Gasteiger partial charge in [-0.15, -0.1) is 0 Å². The molecular weight excluding hydrogens is 268 g/mol. The van der Waals surface area contributed by atoms with E-state index in [0.29, 0.717) is 23.6 Å². The molecule has 2 heterocycles. The molecule has 114 valence electrons. The standard InChI is InChI=1S/C16H22N2O3/c1-20-14-4-2-3-5-15(14)21-10-16(19)18-13-8-11-6-7-12(9-13)17-11/h2-5,11-13,17H,6-10H2,1H3,(H,18,19). The van der Waals surface area contributed by atoms with E-state index in [9.17, 15) is 4.79 Å². The minimum absolute atomic E-state index is 0.0274. The van der Waals surface area contributed by atoms with Crippen molar-refractivity contribution in [2.75, 3.05) is 13.7 Å². The van der Waals surface area contributed by atoms with Gasteiger partial charge in [0.2, 0.25) is 0 Å². The van der Waals surface area contributed by atoms with Crippen LogP contribution >= 0.6 is 0 Å². The van der Waals surface area contributed by atoms with Crippen molar-refractivity contribution < 1.29 is 14.3 Å². The average Bonchev–Trinajstić information content (AvgIpc) is 2.84. The van der Waals surface area contributed by atoms with Crippen LogP contribution in [0.25, 0.3) is 0 Å². The summed E-state index contributed by atoms with van der Waals surface area (Å²) in [4.78, 5) is 12.0. The van der Waals surface area contributed by atoms with E-state index in [-0.39, 0.29) is 18.6 Å². The van der Waals surface area contributed by atoms with Gasteiger partial charge >= 0.3 is 0 Å². The maximum absolute atomic E-state index is 12.0. The first-order chi connectivity index (χ1) is 10.2. The average molecular weight is 290 g/mol. The van der Waals surface area contributed by atoms with Crippen LogP contribution in [0.3, 0.4) is 0 Å². The Kier molecular flexibility index (Phi) is 4.29. The molecule has 2 unspecified atom stereocenters. The predicted octanol–water partition coefficient (Wildman–Crippen LogP) is 1.47. The van der Waals surface area contributed by atoms with E-state index in [1.807, 2.05) is 18.2 Å². The minimum Gasteiger partial charge on any atom is -0.493 e. The van der Waals surface area contributed by atoms with Crippen molar-refractivity contribution in [2.45, 2.75) is 43.8 Å². The summed E-state index contributed by atoms with van der Waals surface area (Å²) in [7, 11) is 1.59.